The maximum atomic E-state index is 13.6. The van der Waals surface area contributed by atoms with Crippen molar-refractivity contribution >= 4 is 23.4 Å². The number of piperazine rings is 1. The second-order valence-electron chi connectivity index (χ2n) is 15.0. The third kappa shape index (κ3) is 8.88. The molecular weight excluding hydrogens is 700 g/mol. The Balaban J connectivity index is 0.000000218. The molecule has 2 N–H and O–H groups in total. The van der Waals surface area contributed by atoms with Crippen LogP contribution >= 0.6 is 11.6 Å². The molecule has 0 saturated carbocycles. The SMILES string of the molecule is CCCC(CCC)(C(=O)N1CCN(CO)CC1)c1ccccc1.CCC[C@]1(c2ccc(C)c(Cl)c2)CCN(C(=O)c2cc(-c3nn(C)[nH]3)ccc2OC)C1. The number of hydrogen-bond donors (Lipinski definition) is 2. The Morgan fingerprint density at radius 3 is 2.19 bits per heavy atom. The molecule has 3 heterocycles. The molecule has 0 unspecified atom stereocenters. The van der Waals surface area contributed by atoms with Gasteiger partial charge in [0, 0.05) is 62.3 Å². The number of carbonyl (C=O) groups is 2. The molecule has 292 valence electrons. The van der Waals surface area contributed by atoms with Gasteiger partial charge in [-0.1, -0.05) is 94.1 Å². The van der Waals surface area contributed by atoms with Crippen LogP contribution in [0.2, 0.25) is 5.02 Å². The number of halogens is 1. The lowest BCUT2D eigenvalue weighted by atomic mass is 9.72. The van der Waals surface area contributed by atoms with Gasteiger partial charge in [0.2, 0.25) is 5.91 Å². The molecule has 6 rings (SSSR count). The first-order valence-corrected chi connectivity index (χ1v) is 19.9. The number of aromatic nitrogens is 3. The summed E-state index contributed by atoms with van der Waals surface area (Å²) in [6.45, 7) is 12.9. The summed E-state index contributed by atoms with van der Waals surface area (Å²) in [4.78, 5) is 34.6. The fourth-order valence-electron chi connectivity index (χ4n) is 8.41. The second-order valence-corrected chi connectivity index (χ2v) is 15.4. The predicted octanol–water partition coefficient (Wildman–Crippen LogP) is 7.59. The van der Waals surface area contributed by atoms with Crippen LogP contribution in [0.15, 0.2) is 66.7 Å². The fraction of sp³-hybridized carbons (Fsp3) is 0.512. The normalized spacial score (nSPS) is 17.7. The van der Waals surface area contributed by atoms with Crippen LogP contribution in [-0.4, -0.2) is 99.7 Å². The van der Waals surface area contributed by atoms with Crippen LogP contribution in [0.5, 0.6) is 5.75 Å². The Morgan fingerprint density at radius 2 is 1.61 bits per heavy atom. The van der Waals surface area contributed by atoms with Crippen molar-refractivity contribution in [3.63, 3.8) is 0 Å². The van der Waals surface area contributed by atoms with Gasteiger partial charge in [0.05, 0.1) is 24.8 Å². The van der Waals surface area contributed by atoms with Gasteiger partial charge in [-0.15, -0.1) is 5.10 Å². The molecule has 11 heteroatoms. The number of benzene rings is 3. The topological polar surface area (TPSA) is 107 Å². The smallest absolute Gasteiger partial charge is 0.257 e. The summed E-state index contributed by atoms with van der Waals surface area (Å²) in [7, 11) is 3.42. The summed E-state index contributed by atoms with van der Waals surface area (Å²) in [5.74, 6) is 1.58. The van der Waals surface area contributed by atoms with Crippen molar-refractivity contribution in [1.29, 1.82) is 0 Å². The first kappa shape index (κ1) is 41.1. The number of aliphatic hydroxyl groups excluding tert-OH is 1. The van der Waals surface area contributed by atoms with Crippen molar-refractivity contribution in [2.24, 2.45) is 7.05 Å². The summed E-state index contributed by atoms with van der Waals surface area (Å²) in [5.41, 5.74) is 4.40. The molecule has 4 aromatic rings. The number of amides is 2. The highest BCUT2D eigenvalue weighted by Gasteiger charge is 2.43. The van der Waals surface area contributed by atoms with Crippen LogP contribution in [0.4, 0.5) is 0 Å². The molecule has 2 aliphatic rings. The molecule has 0 bridgehead atoms. The van der Waals surface area contributed by atoms with Crippen molar-refractivity contribution in [3.05, 3.63) is 94.0 Å². The van der Waals surface area contributed by atoms with Crippen molar-refractivity contribution < 1.29 is 19.4 Å². The van der Waals surface area contributed by atoms with Crippen LogP contribution in [0, 0.1) is 6.92 Å². The number of nitrogens with one attached hydrogen (secondary N) is 1. The highest BCUT2D eigenvalue weighted by Crippen LogP contribution is 2.41. The number of nitrogens with zero attached hydrogens (tertiary/aromatic N) is 5. The number of aromatic amines is 1. The van der Waals surface area contributed by atoms with E-state index in [2.05, 4.69) is 61.3 Å². The summed E-state index contributed by atoms with van der Waals surface area (Å²) in [5, 5.41) is 17.4. The highest BCUT2D eigenvalue weighted by molar-refractivity contribution is 6.31. The molecule has 1 aromatic heterocycles. The molecular formula is C43H59ClN6O4. The molecule has 2 fully saturated rings. The predicted molar refractivity (Wildman–Crippen MR) is 216 cm³/mol. The van der Waals surface area contributed by atoms with Crippen LogP contribution in [0.3, 0.4) is 0 Å². The van der Waals surface area contributed by atoms with Crippen molar-refractivity contribution in [3.8, 4) is 17.1 Å². The minimum absolute atomic E-state index is 0.0110. The lowest BCUT2D eigenvalue weighted by molar-refractivity contribution is -0.140. The minimum atomic E-state index is -0.397. The molecule has 2 saturated heterocycles. The van der Waals surface area contributed by atoms with Gasteiger partial charge in [0.25, 0.3) is 5.91 Å². The van der Waals surface area contributed by atoms with Gasteiger partial charge in [-0.2, -0.15) is 0 Å². The zero-order valence-corrected chi connectivity index (χ0v) is 33.8. The first-order valence-electron chi connectivity index (χ1n) is 19.6. The van der Waals surface area contributed by atoms with Gasteiger partial charge in [-0.25, -0.2) is 4.80 Å². The number of ether oxygens (including phenoxy) is 1. The number of methoxy groups -OCH3 is 1. The van der Waals surface area contributed by atoms with E-state index in [-0.39, 0.29) is 24.0 Å². The molecule has 0 radical (unpaired) electrons. The van der Waals surface area contributed by atoms with Gasteiger partial charge >= 0.3 is 0 Å². The molecule has 0 aliphatic carbocycles. The van der Waals surface area contributed by atoms with Gasteiger partial charge in [0.1, 0.15) is 5.75 Å². The first-order chi connectivity index (χ1) is 26.0. The van der Waals surface area contributed by atoms with E-state index < -0.39 is 5.41 Å². The maximum absolute atomic E-state index is 13.6. The van der Waals surface area contributed by atoms with Crippen molar-refractivity contribution in [2.45, 2.75) is 83.5 Å². The van der Waals surface area contributed by atoms with E-state index in [1.54, 1.807) is 11.9 Å². The van der Waals surface area contributed by atoms with Crippen molar-refractivity contribution in [1.82, 2.24) is 29.7 Å². The summed E-state index contributed by atoms with van der Waals surface area (Å²) < 4.78 is 5.51. The van der Waals surface area contributed by atoms with E-state index in [1.807, 2.05) is 65.1 Å². The van der Waals surface area contributed by atoms with Crippen LogP contribution in [0.1, 0.15) is 92.8 Å². The number of hydrogen-bond acceptors (Lipinski definition) is 6. The number of carbonyl (C=O) groups excluding carboxylic acids is 2. The third-order valence-electron chi connectivity index (χ3n) is 11.3. The zero-order valence-electron chi connectivity index (χ0n) is 33.0. The van der Waals surface area contributed by atoms with E-state index in [0.29, 0.717) is 37.5 Å². The van der Waals surface area contributed by atoms with Crippen LogP contribution < -0.4 is 4.74 Å². The van der Waals surface area contributed by atoms with Crippen LogP contribution in [-0.2, 0) is 22.7 Å². The van der Waals surface area contributed by atoms with Crippen LogP contribution in [0.25, 0.3) is 11.4 Å². The molecule has 1 atom stereocenters. The molecule has 10 nitrogen and oxygen atoms in total. The van der Waals surface area contributed by atoms with E-state index in [4.69, 9.17) is 16.3 Å². The van der Waals surface area contributed by atoms with Gasteiger partial charge in [-0.3, -0.25) is 19.6 Å². The number of rotatable bonds is 13. The lowest BCUT2D eigenvalue weighted by Crippen LogP contribution is -2.54. The fourth-order valence-corrected chi connectivity index (χ4v) is 8.59. The monoisotopic (exact) mass is 758 g/mol. The Labute approximate surface area is 326 Å². The third-order valence-corrected chi connectivity index (χ3v) is 11.7. The van der Waals surface area contributed by atoms with Gasteiger partial charge < -0.3 is 19.6 Å². The van der Waals surface area contributed by atoms with E-state index in [1.165, 1.54) is 5.56 Å². The maximum Gasteiger partial charge on any atom is 0.257 e. The van der Waals surface area contributed by atoms with E-state index in [0.717, 1.165) is 85.6 Å². The second kappa shape index (κ2) is 18.5. The lowest BCUT2D eigenvalue weighted by Gasteiger charge is -2.41. The van der Waals surface area contributed by atoms with E-state index >= 15 is 0 Å². The molecule has 2 amide bonds. The average Bonchev–Trinajstić information content (AvgIpc) is 3.62. The number of aliphatic hydroxyl groups is 1. The molecule has 0 spiro atoms. The zero-order chi connectivity index (χ0) is 38.9. The quantitative estimate of drug-likeness (QED) is 0.146. The standard InChI is InChI=1S/C24H29ClN4O2.C19H30N2O2/c1-5-10-24(18-8-6-16(2)20(25)14-18)11-12-29(15-24)23(30)19-13-17(7-9-21(19)31-4)22-26-28(3)27-22;1-3-10-19(11-4-2,17-8-6-5-7-9-17)18(23)21-14-12-20(16-22)13-15-21/h6-9,13-14H,5,10-12,15H2,1-4H3,(H,26,27);5-9,22H,3-4,10-16H2,1-2H3/t24-;/m0./s1. The van der Waals surface area contributed by atoms with Crippen molar-refractivity contribution in [2.75, 3.05) is 53.1 Å². The summed E-state index contributed by atoms with van der Waals surface area (Å²) in [6.07, 6.45) is 6.76. The molecule has 3 aromatic carbocycles. The minimum Gasteiger partial charge on any atom is -0.496 e. The molecule has 2 aliphatic heterocycles. The van der Waals surface area contributed by atoms with Gasteiger partial charge in [0.15, 0.2) is 5.82 Å². The summed E-state index contributed by atoms with van der Waals surface area (Å²) in [6, 6.07) is 22.2. The van der Waals surface area contributed by atoms with E-state index in [9.17, 15) is 14.7 Å². The number of aryl methyl sites for hydroxylation is 2. The van der Waals surface area contributed by atoms with Gasteiger partial charge in [-0.05, 0) is 73.6 Å². The Hall–Kier alpha value is -4.12. The summed E-state index contributed by atoms with van der Waals surface area (Å²) >= 11 is 6.45. The number of H-pyrrole nitrogens is 1. The molecule has 54 heavy (non-hydrogen) atoms. The average molecular weight is 759 g/mol. The largest absolute Gasteiger partial charge is 0.496 e. The Bertz CT molecular complexity index is 1810. The number of likely N-dealkylation sites (tertiary alicyclic amines) is 1. The Morgan fingerprint density at radius 1 is 0.926 bits per heavy atom. The Kier molecular flexibility index (Phi) is 14.0. The highest BCUT2D eigenvalue weighted by atomic mass is 35.5.